The van der Waals surface area contributed by atoms with E-state index in [9.17, 15) is 14.4 Å². The fourth-order valence-electron chi connectivity index (χ4n) is 1.03. The van der Waals surface area contributed by atoms with Crippen molar-refractivity contribution in [1.29, 1.82) is 0 Å². The van der Waals surface area contributed by atoms with Gasteiger partial charge in [0.1, 0.15) is 23.6 Å². The molecule has 0 aromatic heterocycles. The lowest BCUT2D eigenvalue weighted by atomic mass is 9.83. The number of carbonyl (C=O) groups is 3. The van der Waals surface area contributed by atoms with Gasteiger partial charge in [-0.1, -0.05) is 10.8 Å². The van der Waals surface area contributed by atoms with Crippen molar-refractivity contribution >= 4 is 40.0 Å². The van der Waals surface area contributed by atoms with Crippen LogP contribution in [0.4, 0.5) is 0 Å². The molecule has 0 rings (SSSR count). The molecule has 0 aliphatic rings. The average molecular weight is 250 g/mol. The second kappa shape index (κ2) is 6.17. The van der Waals surface area contributed by atoms with Gasteiger partial charge in [-0.15, -0.1) is 11.7 Å². The van der Waals surface area contributed by atoms with Gasteiger partial charge in [0, 0.05) is 12.7 Å². The van der Waals surface area contributed by atoms with Gasteiger partial charge in [-0.2, -0.15) is 0 Å². The van der Waals surface area contributed by atoms with E-state index in [-0.39, 0.29) is 23.9 Å². The van der Waals surface area contributed by atoms with Crippen LogP contribution in [0.2, 0.25) is 0 Å². The van der Waals surface area contributed by atoms with Crippen LogP contribution in [-0.4, -0.2) is 29.9 Å². The summed E-state index contributed by atoms with van der Waals surface area (Å²) < 4.78 is 4.75. The maximum atomic E-state index is 11.5. The molecule has 0 fully saturated rings. The first-order valence-corrected chi connectivity index (χ1v) is 6.32. The van der Waals surface area contributed by atoms with Crippen molar-refractivity contribution < 1.29 is 19.1 Å². The number of carbonyl (C=O) groups excluding carboxylic acids is 3. The Kier molecular flexibility index (Phi) is 5.97. The van der Waals surface area contributed by atoms with Gasteiger partial charge in [0.05, 0.1) is 0 Å². The Labute approximate surface area is 97.9 Å². The van der Waals surface area contributed by atoms with E-state index in [4.69, 9.17) is 4.74 Å². The normalized spacial score (nSPS) is 10.9. The monoisotopic (exact) mass is 250 g/mol. The van der Waals surface area contributed by atoms with E-state index in [1.807, 2.05) is 0 Å². The standard InChI is InChI=1S/C9H14O4S2/c1-6(10)9(5-15-14,7(2)11)4-13-8(3)12/h14H,4-5H2,1-3H3. The summed E-state index contributed by atoms with van der Waals surface area (Å²) in [5.41, 5.74) is -1.25. The molecule has 0 radical (unpaired) electrons. The molecule has 0 aromatic rings. The van der Waals surface area contributed by atoms with Crippen LogP contribution in [0, 0.1) is 5.41 Å². The number of ketones is 2. The molecule has 0 bridgehead atoms. The zero-order valence-electron chi connectivity index (χ0n) is 8.90. The topological polar surface area (TPSA) is 60.4 Å². The van der Waals surface area contributed by atoms with Crippen molar-refractivity contribution in [3.8, 4) is 0 Å². The quantitative estimate of drug-likeness (QED) is 0.333. The molecule has 6 heteroatoms. The highest BCUT2D eigenvalue weighted by atomic mass is 33.1. The van der Waals surface area contributed by atoms with E-state index in [1.165, 1.54) is 20.8 Å². The lowest BCUT2D eigenvalue weighted by Crippen LogP contribution is -2.43. The van der Waals surface area contributed by atoms with Crippen LogP contribution in [0.5, 0.6) is 0 Å². The van der Waals surface area contributed by atoms with E-state index in [2.05, 4.69) is 11.7 Å². The van der Waals surface area contributed by atoms with Gasteiger partial charge < -0.3 is 4.74 Å². The van der Waals surface area contributed by atoms with Crippen LogP contribution >= 0.6 is 22.5 Å². The first-order valence-electron chi connectivity index (χ1n) is 4.28. The van der Waals surface area contributed by atoms with E-state index in [1.54, 1.807) is 0 Å². The lowest BCUT2D eigenvalue weighted by molar-refractivity contribution is -0.150. The molecule has 0 heterocycles. The Morgan fingerprint density at radius 1 is 1.20 bits per heavy atom. The summed E-state index contributed by atoms with van der Waals surface area (Å²) in [4.78, 5) is 33.6. The van der Waals surface area contributed by atoms with Crippen LogP contribution in [0.1, 0.15) is 20.8 Å². The third kappa shape index (κ3) is 3.87. The first-order chi connectivity index (χ1) is 6.86. The molecule has 0 N–H and O–H groups in total. The van der Waals surface area contributed by atoms with Gasteiger partial charge in [0.2, 0.25) is 0 Å². The largest absolute Gasteiger partial charge is 0.464 e. The SMILES string of the molecule is CC(=O)OCC(CSS)(C(C)=O)C(C)=O. The summed E-state index contributed by atoms with van der Waals surface area (Å²) >= 11 is 3.92. The first kappa shape index (κ1) is 14.5. The number of hydrogen-bond acceptors (Lipinski definition) is 6. The predicted octanol–water partition coefficient (Wildman–Crippen LogP) is 1.29. The number of thiol groups is 1. The third-order valence-corrected chi connectivity index (χ3v) is 3.19. The van der Waals surface area contributed by atoms with Gasteiger partial charge in [0.25, 0.3) is 0 Å². The van der Waals surface area contributed by atoms with Crippen LogP contribution in [0.15, 0.2) is 0 Å². The van der Waals surface area contributed by atoms with Gasteiger partial charge in [-0.3, -0.25) is 14.4 Å². The third-order valence-electron chi connectivity index (χ3n) is 2.18. The van der Waals surface area contributed by atoms with Crippen molar-refractivity contribution in [3.05, 3.63) is 0 Å². The molecule has 0 aromatic carbocycles. The molecule has 0 saturated heterocycles. The Hall–Kier alpha value is -0.490. The minimum atomic E-state index is -1.25. The van der Waals surface area contributed by atoms with E-state index < -0.39 is 11.4 Å². The highest BCUT2D eigenvalue weighted by molar-refractivity contribution is 8.68. The van der Waals surface area contributed by atoms with Gasteiger partial charge in [0.15, 0.2) is 0 Å². The lowest BCUT2D eigenvalue weighted by Gasteiger charge is -2.26. The van der Waals surface area contributed by atoms with Crippen molar-refractivity contribution in [1.82, 2.24) is 0 Å². The summed E-state index contributed by atoms with van der Waals surface area (Å²) in [7, 11) is 1.08. The molecule has 0 aliphatic heterocycles. The van der Waals surface area contributed by atoms with Crippen molar-refractivity contribution in [2.75, 3.05) is 12.4 Å². The molecule has 15 heavy (non-hydrogen) atoms. The van der Waals surface area contributed by atoms with Crippen molar-refractivity contribution in [3.63, 3.8) is 0 Å². The number of Topliss-reactive ketones (excluding diaryl/α,β-unsaturated/α-hetero) is 2. The molecule has 86 valence electrons. The van der Waals surface area contributed by atoms with E-state index in [0.717, 1.165) is 10.8 Å². The smallest absolute Gasteiger partial charge is 0.302 e. The maximum absolute atomic E-state index is 11.5. The fourth-order valence-corrected chi connectivity index (χ4v) is 2.40. The average Bonchev–Trinajstić information content (AvgIpc) is 2.10. The van der Waals surface area contributed by atoms with Crippen LogP contribution in [-0.2, 0) is 19.1 Å². The maximum Gasteiger partial charge on any atom is 0.302 e. The number of ether oxygens (including phenoxy) is 1. The van der Waals surface area contributed by atoms with Crippen LogP contribution < -0.4 is 0 Å². The number of hydrogen-bond donors (Lipinski definition) is 1. The van der Waals surface area contributed by atoms with E-state index >= 15 is 0 Å². The molecule has 0 unspecified atom stereocenters. The molecule has 0 amide bonds. The van der Waals surface area contributed by atoms with Crippen LogP contribution in [0.25, 0.3) is 0 Å². The molecule has 4 nitrogen and oxygen atoms in total. The highest BCUT2D eigenvalue weighted by Gasteiger charge is 2.41. The molecule has 0 spiro atoms. The molecular formula is C9H14O4S2. The van der Waals surface area contributed by atoms with Gasteiger partial charge in [-0.05, 0) is 13.8 Å². The van der Waals surface area contributed by atoms with Gasteiger partial charge >= 0.3 is 5.97 Å². The number of rotatable bonds is 6. The Morgan fingerprint density at radius 2 is 1.67 bits per heavy atom. The zero-order chi connectivity index (χ0) is 12.1. The van der Waals surface area contributed by atoms with Gasteiger partial charge in [-0.25, -0.2) is 0 Å². The minimum Gasteiger partial charge on any atom is -0.464 e. The van der Waals surface area contributed by atoms with Crippen molar-refractivity contribution in [2.24, 2.45) is 5.41 Å². The number of esters is 1. The summed E-state index contributed by atoms with van der Waals surface area (Å²) in [6.45, 7) is 3.66. The molecule has 0 atom stereocenters. The minimum absolute atomic E-state index is 0.202. The summed E-state index contributed by atoms with van der Waals surface area (Å²) in [6, 6.07) is 0. The van der Waals surface area contributed by atoms with Crippen molar-refractivity contribution in [2.45, 2.75) is 20.8 Å². The zero-order valence-corrected chi connectivity index (χ0v) is 10.6. The summed E-state index contributed by atoms with van der Waals surface area (Å²) in [6.07, 6.45) is 0. The molecule has 0 aliphatic carbocycles. The van der Waals surface area contributed by atoms with Crippen LogP contribution in [0.3, 0.4) is 0 Å². The molecule has 0 saturated carbocycles. The Morgan fingerprint density at radius 3 is 1.93 bits per heavy atom. The summed E-state index contributed by atoms with van der Waals surface area (Å²) in [5, 5.41) is 0. The Bertz CT molecular complexity index is 261. The predicted molar refractivity (Wildman–Crippen MR) is 61.9 cm³/mol. The van der Waals surface area contributed by atoms with E-state index in [0.29, 0.717) is 0 Å². The summed E-state index contributed by atoms with van der Waals surface area (Å²) in [5.74, 6) is -0.921. The fraction of sp³-hybridized carbons (Fsp3) is 0.667. The second-order valence-corrected chi connectivity index (χ2v) is 4.57. The second-order valence-electron chi connectivity index (χ2n) is 3.25. The highest BCUT2D eigenvalue weighted by Crippen LogP contribution is 2.28. The Balaban J connectivity index is 4.87. The molecular weight excluding hydrogens is 236 g/mol.